The molecule has 1 aromatic carbocycles. The molecule has 0 aromatic heterocycles. The molecule has 4 heteroatoms. The smallest absolute Gasteiger partial charge is 0.221 e. The Bertz CT molecular complexity index is 385. The summed E-state index contributed by atoms with van der Waals surface area (Å²) in [7, 11) is 0. The Balaban J connectivity index is 1.56. The zero-order valence-electron chi connectivity index (χ0n) is 10.5. The van der Waals surface area contributed by atoms with E-state index in [9.17, 15) is 4.79 Å². The minimum atomic E-state index is 0.0990. The summed E-state index contributed by atoms with van der Waals surface area (Å²) in [6.07, 6.45) is 3.85. The number of aromatic hydroxyl groups is 1. The molecular formula is C14H20N2O2. The van der Waals surface area contributed by atoms with Crippen molar-refractivity contribution in [3.05, 3.63) is 29.8 Å². The molecule has 0 atom stereocenters. The highest BCUT2D eigenvalue weighted by atomic mass is 16.3. The highest BCUT2D eigenvalue weighted by Gasteiger charge is 2.19. The van der Waals surface area contributed by atoms with E-state index in [4.69, 9.17) is 5.11 Å². The molecule has 1 aliphatic rings. The van der Waals surface area contributed by atoms with Gasteiger partial charge in [-0.05, 0) is 37.0 Å². The van der Waals surface area contributed by atoms with Crippen LogP contribution >= 0.6 is 0 Å². The molecule has 98 valence electrons. The Kier molecular flexibility index (Phi) is 4.59. The van der Waals surface area contributed by atoms with Gasteiger partial charge in [0.25, 0.3) is 0 Å². The topological polar surface area (TPSA) is 61.4 Å². The number of phenolic OH excluding ortho intramolecular Hbond substituents is 1. The van der Waals surface area contributed by atoms with Crippen LogP contribution in [0.5, 0.6) is 5.75 Å². The van der Waals surface area contributed by atoms with Crippen molar-refractivity contribution in [2.45, 2.75) is 31.7 Å². The van der Waals surface area contributed by atoms with E-state index in [0.29, 0.717) is 19.0 Å². The van der Waals surface area contributed by atoms with E-state index < -0.39 is 0 Å². The summed E-state index contributed by atoms with van der Waals surface area (Å²) in [4.78, 5) is 11.5. The van der Waals surface area contributed by atoms with Crippen LogP contribution in [0.25, 0.3) is 0 Å². The summed E-state index contributed by atoms with van der Waals surface area (Å²) in [6, 6.07) is 7.73. The van der Waals surface area contributed by atoms with Gasteiger partial charge in [-0.25, -0.2) is 0 Å². The molecule has 3 N–H and O–H groups in total. The average Bonchev–Trinajstić information content (AvgIpc) is 3.16. The van der Waals surface area contributed by atoms with Crippen molar-refractivity contribution in [3.8, 4) is 5.75 Å². The summed E-state index contributed by atoms with van der Waals surface area (Å²) in [5.41, 5.74) is 1.12. The molecule has 18 heavy (non-hydrogen) atoms. The maximum atomic E-state index is 11.5. The van der Waals surface area contributed by atoms with E-state index in [-0.39, 0.29) is 11.7 Å². The minimum absolute atomic E-state index is 0.0990. The Morgan fingerprint density at radius 2 is 1.94 bits per heavy atom. The van der Waals surface area contributed by atoms with Crippen molar-refractivity contribution < 1.29 is 9.90 Å². The number of amides is 1. The molecule has 0 heterocycles. The van der Waals surface area contributed by atoms with Crippen LogP contribution in [0.2, 0.25) is 0 Å². The van der Waals surface area contributed by atoms with Gasteiger partial charge in [-0.15, -0.1) is 0 Å². The fraction of sp³-hybridized carbons (Fsp3) is 0.500. The van der Waals surface area contributed by atoms with Crippen LogP contribution < -0.4 is 10.6 Å². The van der Waals surface area contributed by atoms with Crippen molar-refractivity contribution in [2.75, 3.05) is 13.1 Å². The summed E-state index contributed by atoms with van der Waals surface area (Å²) in [5.74, 6) is 0.371. The number of rotatable bonds is 7. The van der Waals surface area contributed by atoms with E-state index in [2.05, 4.69) is 10.6 Å². The van der Waals surface area contributed by atoms with Gasteiger partial charge in [0.2, 0.25) is 5.91 Å². The number of carbonyl (C=O) groups is 1. The van der Waals surface area contributed by atoms with Gasteiger partial charge in [0.1, 0.15) is 5.75 Å². The van der Waals surface area contributed by atoms with E-state index >= 15 is 0 Å². The molecule has 0 radical (unpaired) electrons. The largest absolute Gasteiger partial charge is 0.508 e. The number of nitrogens with one attached hydrogen (secondary N) is 2. The van der Waals surface area contributed by atoms with E-state index in [0.717, 1.165) is 18.5 Å². The normalized spacial score (nSPS) is 14.4. The molecule has 1 amide bonds. The molecule has 0 aliphatic heterocycles. The molecule has 1 saturated carbocycles. The molecule has 0 spiro atoms. The van der Waals surface area contributed by atoms with E-state index in [1.165, 1.54) is 12.8 Å². The van der Waals surface area contributed by atoms with Gasteiger partial charge in [0.15, 0.2) is 0 Å². The molecule has 4 nitrogen and oxygen atoms in total. The lowest BCUT2D eigenvalue weighted by Gasteiger charge is -2.06. The van der Waals surface area contributed by atoms with Crippen LogP contribution in [-0.2, 0) is 11.2 Å². The summed E-state index contributed by atoms with van der Waals surface area (Å²) in [5, 5.41) is 15.4. The molecule has 1 aliphatic carbocycles. The second-order valence-electron chi connectivity index (χ2n) is 4.74. The SMILES string of the molecule is O=C(CCNC1CC1)NCCc1ccc(O)cc1. The molecule has 1 fully saturated rings. The first-order valence-electron chi connectivity index (χ1n) is 6.52. The number of phenols is 1. The first-order chi connectivity index (χ1) is 8.74. The van der Waals surface area contributed by atoms with Gasteiger partial charge in [0, 0.05) is 25.6 Å². The van der Waals surface area contributed by atoms with Gasteiger partial charge in [0.05, 0.1) is 0 Å². The second kappa shape index (κ2) is 6.40. The summed E-state index contributed by atoms with van der Waals surface area (Å²) in [6.45, 7) is 1.42. The van der Waals surface area contributed by atoms with Gasteiger partial charge >= 0.3 is 0 Å². The first kappa shape index (κ1) is 12.9. The van der Waals surface area contributed by atoms with Crippen molar-refractivity contribution >= 4 is 5.91 Å². The van der Waals surface area contributed by atoms with Crippen LogP contribution in [0.3, 0.4) is 0 Å². The fourth-order valence-corrected chi connectivity index (χ4v) is 1.77. The zero-order chi connectivity index (χ0) is 12.8. The number of benzene rings is 1. The highest BCUT2D eigenvalue weighted by molar-refractivity contribution is 5.76. The van der Waals surface area contributed by atoms with Gasteiger partial charge in [-0.3, -0.25) is 4.79 Å². The van der Waals surface area contributed by atoms with E-state index in [1.807, 2.05) is 12.1 Å². The molecule has 1 aromatic rings. The third-order valence-corrected chi connectivity index (χ3v) is 3.03. The van der Waals surface area contributed by atoms with E-state index in [1.54, 1.807) is 12.1 Å². The third kappa shape index (κ3) is 4.75. The molecule has 0 bridgehead atoms. The third-order valence-electron chi connectivity index (χ3n) is 3.03. The van der Waals surface area contributed by atoms with Gasteiger partial charge in [-0.2, -0.15) is 0 Å². The van der Waals surface area contributed by atoms with Crippen molar-refractivity contribution in [1.82, 2.24) is 10.6 Å². The lowest BCUT2D eigenvalue weighted by Crippen LogP contribution is -2.29. The lowest BCUT2D eigenvalue weighted by atomic mass is 10.1. The van der Waals surface area contributed by atoms with Gasteiger partial charge < -0.3 is 15.7 Å². The van der Waals surface area contributed by atoms with Crippen LogP contribution in [0, 0.1) is 0 Å². The number of hydrogen-bond donors (Lipinski definition) is 3. The van der Waals surface area contributed by atoms with Gasteiger partial charge in [-0.1, -0.05) is 12.1 Å². The van der Waals surface area contributed by atoms with Crippen molar-refractivity contribution in [1.29, 1.82) is 0 Å². The molecule has 0 saturated heterocycles. The Labute approximate surface area is 107 Å². The molecule has 2 rings (SSSR count). The summed E-state index contributed by atoms with van der Waals surface area (Å²) >= 11 is 0. The standard InChI is InChI=1S/C14H20N2O2/c17-13-5-1-11(2-6-13)7-9-16-14(18)8-10-15-12-3-4-12/h1-2,5-6,12,15,17H,3-4,7-10H2,(H,16,18). The Hall–Kier alpha value is -1.55. The zero-order valence-corrected chi connectivity index (χ0v) is 10.5. The quantitative estimate of drug-likeness (QED) is 0.679. The molecular weight excluding hydrogens is 228 g/mol. The average molecular weight is 248 g/mol. The predicted octanol–water partition coefficient (Wildman–Crippen LogP) is 1.19. The van der Waals surface area contributed by atoms with Crippen LogP contribution in [-0.4, -0.2) is 30.1 Å². The highest BCUT2D eigenvalue weighted by Crippen LogP contribution is 2.18. The monoisotopic (exact) mass is 248 g/mol. The predicted molar refractivity (Wildman–Crippen MR) is 70.5 cm³/mol. The second-order valence-corrected chi connectivity index (χ2v) is 4.74. The number of hydrogen-bond acceptors (Lipinski definition) is 3. The fourth-order valence-electron chi connectivity index (χ4n) is 1.77. The van der Waals surface area contributed by atoms with Crippen LogP contribution in [0.15, 0.2) is 24.3 Å². The van der Waals surface area contributed by atoms with Crippen LogP contribution in [0.4, 0.5) is 0 Å². The summed E-state index contributed by atoms with van der Waals surface area (Å²) < 4.78 is 0. The van der Waals surface area contributed by atoms with Crippen molar-refractivity contribution in [3.63, 3.8) is 0 Å². The Morgan fingerprint density at radius 3 is 2.61 bits per heavy atom. The number of carbonyl (C=O) groups excluding carboxylic acids is 1. The maximum Gasteiger partial charge on any atom is 0.221 e. The molecule has 0 unspecified atom stereocenters. The van der Waals surface area contributed by atoms with Crippen LogP contribution in [0.1, 0.15) is 24.8 Å². The lowest BCUT2D eigenvalue weighted by molar-refractivity contribution is -0.120. The minimum Gasteiger partial charge on any atom is -0.508 e. The Morgan fingerprint density at radius 1 is 1.22 bits per heavy atom. The maximum absolute atomic E-state index is 11.5. The first-order valence-corrected chi connectivity index (χ1v) is 6.52. The van der Waals surface area contributed by atoms with Crippen molar-refractivity contribution in [2.24, 2.45) is 0 Å².